The SMILES string of the molecule is CC1=NS(=O)(=O)NC(C)=C1CC(=O)OCC(=O)c1sc2ccccc2c1C. The number of hydrogen-bond donors (Lipinski definition) is 1. The second kappa shape index (κ2) is 7.24. The van der Waals surface area contributed by atoms with Crippen LogP contribution in [0.15, 0.2) is 39.9 Å². The average Bonchev–Trinajstić information content (AvgIpc) is 2.92. The second-order valence-electron chi connectivity index (χ2n) is 6.17. The fourth-order valence-electron chi connectivity index (χ4n) is 2.89. The van der Waals surface area contributed by atoms with Gasteiger partial charge in [-0.3, -0.25) is 14.3 Å². The highest BCUT2D eigenvalue weighted by atomic mass is 32.2. The highest BCUT2D eigenvalue weighted by Gasteiger charge is 2.23. The molecule has 1 N–H and O–H groups in total. The Balaban J connectivity index is 1.66. The summed E-state index contributed by atoms with van der Waals surface area (Å²) < 4.78 is 34.9. The van der Waals surface area contributed by atoms with Gasteiger partial charge in [0.1, 0.15) is 0 Å². The number of aryl methyl sites for hydroxylation is 1. The van der Waals surface area contributed by atoms with Crippen LogP contribution in [-0.2, 0) is 19.7 Å². The van der Waals surface area contributed by atoms with E-state index in [2.05, 4.69) is 9.12 Å². The standard InChI is InChI=1S/C18H18N2O5S2/c1-10-13-6-4-5-7-16(13)26-18(10)15(21)9-25-17(22)8-14-11(2)19-27(23,24)20-12(14)3/h4-7,19H,8-9H2,1-3H3. The van der Waals surface area contributed by atoms with Crippen molar-refractivity contribution in [1.82, 2.24) is 4.72 Å². The molecule has 0 unspecified atom stereocenters. The van der Waals surface area contributed by atoms with Crippen LogP contribution in [-0.4, -0.2) is 32.5 Å². The maximum absolute atomic E-state index is 12.5. The molecule has 1 aliphatic rings. The van der Waals surface area contributed by atoms with E-state index >= 15 is 0 Å². The molecule has 0 fully saturated rings. The molecule has 1 aliphatic heterocycles. The maximum Gasteiger partial charge on any atom is 0.342 e. The minimum atomic E-state index is -3.75. The Morgan fingerprint density at radius 3 is 2.56 bits per heavy atom. The van der Waals surface area contributed by atoms with Crippen LogP contribution in [0.5, 0.6) is 0 Å². The molecular weight excluding hydrogens is 388 g/mol. The molecule has 1 aromatic heterocycles. The molecule has 0 radical (unpaired) electrons. The van der Waals surface area contributed by atoms with Crippen LogP contribution in [0.1, 0.15) is 35.5 Å². The van der Waals surface area contributed by atoms with Crippen molar-refractivity contribution in [2.75, 3.05) is 6.61 Å². The van der Waals surface area contributed by atoms with Crippen molar-refractivity contribution in [1.29, 1.82) is 0 Å². The number of carbonyl (C=O) groups excluding carboxylic acids is 2. The van der Waals surface area contributed by atoms with Crippen molar-refractivity contribution in [2.24, 2.45) is 4.40 Å². The molecule has 2 heterocycles. The van der Waals surface area contributed by atoms with E-state index in [0.29, 0.717) is 16.1 Å². The number of benzene rings is 1. The van der Waals surface area contributed by atoms with Crippen LogP contribution in [0.25, 0.3) is 10.1 Å². The monoisotopic (exact) mass is 406 g/mol. The van der Waals surface area contributed by atoms with E-state index in [1.165, 1.54) is 18.3 Å². The number of rotatable bonds is 5. The van der Waals surface area contributed by atoms with Gasteiger partial charge in [-0.1, -0.05) is 18.2 Å². The average molecular weight is 406 g/mol. The van der Waals surface area contributed by atoms with E-state index in [9.17, 15) is 18.0 Å². The summed E-state index contributed by atoms with van der Waals surface area (Å²) in [6.07, 6.45) is -0.164. The summed E-state index contributed by atoms with van der Waals surface area (Å²) in [5, 5.41) is 1.01. The number of esters is 1. The molecule has 0 saturated heterocycles. The van der Waals surface area contributed by atoms with Gasteiger partial charge < -0.3 is 4.74 Å². The van der Waals surface area contributed by atoms with E-state index in [-0.39, 0.29) is 24.5 Å². The van der Waals surface area contributed by atoms with Crippen LogP contribution in [0.2, 0.25) is 0 Å². The molecule has 0 spiro atoms. The van der Waals surface area contributed by atoms with Crippen molar-refractivity contribution < 1.29 is 22.7 Å². The van der Waals surface area contributed by atoms with Gasteiger partial charge in [0.2, 0.25) is 5.78 Å². The van der Waals surface area contributed by atoms with Crippen LogP contribution in [0.4, 0.5) is 0 Å². The lowest BCUT2D eigenvalue weighted by Crippen LogP contribution is -2.29. The molecule has 142 valence electrons. The van der Waals surface area contributed by atoms with E-state index in [0.717, 1.165) is 15.6 Å². The van der Waals surface area contributed by atoms with Gasteiger partial charge in [0.05, 0.1) is 17.0 Å². The molecule has 0 bridgehead atoms. The molecular formula is C18H18N2O5S2. The Kier molecular flexibility index (Phi) is 5.16. The van der Waals surface area contributed by atoms with Gasteiger partial charge in [0.15, 0.2) is 6.61 Å². The first-order valence-corrected chi connectivity index (χ1v) is 10.4. The number of Topliss-reactive ketones (excluding diaryl/α,β-unsaturated/α-hetero) is 1. The molecule has 2 aromatic rings. The van der Waals surface area contributed by atoms with Crippen molar-refractivity contribution >= 4 is 49.1 Å². The number of hydrogen-bond acceptors (Lipinski definition) is 6. The van der Waals surface area contributed by atoms with Crippen molar-refractivity contribution in [3.8, 4) is 0 Å². The normalized spacial score (nSPS) is 16.0. The maximum atomic E-state index is 12.5. The molecule has 0 amide bonds. The predicted octanol–water partition coefficient (Wildman–Crippen LogP) is 2.91. The first kappa shape index (κ1) is 19.2. The number of allylic oxidation sites excluding steroid dienone is 1. The Morgan fingerprint density at radius 1 is 1.19 bits per heavy atom. The fourth-order valence-corrected chi connectivity index (χ4v) is 5.05. The van der Waals surface area contributed by atoms with Gasteiger partial charge in [-0.25, -0.2) is 0 Å². The molecule has 0 atom stereocenters. The van der Waals surface area contributed by atoms with E-state index in [1.807, 2.05) is 31.2 Å². The van der Waals surface area contributed by atoms with Crippen LogP contribution < -0.4 is 4.72 Å². The highest BCUT2D eigenvalue weighted by Crippen LogP contribution is 2.30. The van der Waals surface area contributed by atoms with Crippen molar-refractivity contribution in [2.45, 2.75) is 27.2 Å². The van der Waals surface area contributed by atoms with Crippen LogP contribution in [0, 0.1) is 6.92 Å². The molecule has 27 heavy (non-hydrogen) atoms. The van der Waals surface area contributed by atoms with E-state index in [4.69, 9.17) is 4.74 Å². The molecule has 3 rings (SSSR count). The Hall–Kier alpha value is -2.52. The van der Waals surface area contributed by atoms with Gasteiger partial charge in [-0.05, 0) is 37.8 Å². The first-order chi connectivity index (χ1) is 12.7. The lowest BCUT2D eigenvalue weighted by atomic mass is 10.1. The highest BCUT2D eigenvalue weighted by molar-refractivity contribution is 7.88. The summed E-state index contributed by atoms with van der Waals surface area (Å²) in [6, 6.07) is 7.71. The number of nitrogens with one attached hydrogen (secondary N) is 1. The van der Waals surface area contributed by atoms with Crippen LogP contribution in [0.3, 0.4) is 0 Å². The zero-order valence-electron chi connectivity index (χ0n) is 15.0. The molecule has 1 aromatic carbocycles. The number of fused-ring (bicyclic) bond motifs is 1. The molecule has 7 nitrogen and oxygen atoms in total. The summed E-state index contributed by atoms with van der Waals surface area (Å²) in [7, 11) is -3.75. The fraction of sp³-hybridized carbons (Fsp3) is 0.278. The lowest BCUT2D eigenvalue weighted by Gasteiger charge is -2.17. The summed E-state index contributed by atoms with van der Waals surface area (Å²) in [4.78, 5) is 25.1. The number of ether oxygens (including phenoxy) is 1. The molecule has 0 saturated carbocycles. The van der Waals surface area contributed by atoms with E-state index in [1.54, 1.807) is 6.92 Å². The Bertz CT molecular complexity index is 1110. The number of ketones is 1. The van der Waals surface area contributed by atoms with E-state index < -0.39 is 16.2 Å². The largest absolute Gasteiger partial charge is 0.457 e. The van der Waals surface area contributed by atoms with Gasteiger partial charge in [0, 0.05) is 16.0 Å². The van der Waals surface area contributed by atoms with Crippen molar-refractivity contribution in [3.63, 3.8) is 0 Å². The third-order valence-electron chi connectivity index (χ3n) is 4.21. The molecule has 9 heteroatoms. The van der Waals surface area contributed by atoms with Gasteiger partial charge in [0.25, 0.3) is 0 Å². The molecule has 0 aliphatic carbocycles. The quantitative estimate of drug-likeness (QED) is 0.608. The third kappa shape index (κ3) is 4.09. The topological polar surface area (TPSA) is 102 Å². The zero-order valence-corrected chi connectivity index (χ0v) is 16.7. The second-order valence-corrected chi connectivity index (χ2v) is 8.56. The lowest BCUT2D eigenvalue weighted by molar-refractivity contribution is -0.141. The van der Waals surface area contributed by atoms with Gasteiger partial charge >= 0.3 is 16.2 Å². The smallest absolute Gasteiger partial charge is 0.342 e. The zero-order chi connectivity index (χ0) is 19.8. The summed E-state index contributed by atoms with van der Waals surface area (Å²) in [5.74, 6) is -0.880. The van der Waals surface area contributed by atoms with Gasteiger partial charge in [-0.2, -0.15) is 8.42 Å². The third-order valence-corrected chi connectivity index (χ3v) is 6.60. The van der Waals surface area contributed by atoms with Crippen molar-refractivity contribution in [3.05, 3.63) is 46.0 Å². The minimum absolute atomic E-state index is 0.164. The number of thiophene rings is 1. The summed E-state index contributed by atoms with van der Waals surface area (Å²) in [6.45, 7) is 4.57. The van der Waals surface area contributed by atoms with Gasteiger partial charge in [-0.15, -0.1) is 15.7 Å². The Labute approximate surface area is 160 Å². The number of carbonyl (C=O) groups is 2. The minimum Gasteiger partial charge on any atom is -0.457 e. The van der Waals surface area contributed by atoms with Crippen LogP contribution >= 0.6 is 11.3 Å². The predicted molar refractivity (Wildman–Crippen MR) is 104 cm³/mol. The summed E-state index contributed by atoms with van der Waals surface area (Å²) in [5.41, 5.74) is 1.88. The summed E-state index contributed by atoms with van der Waals surface area (Å²) >= 11 is 1.37. The number of nitrogens with zero attached hydrogens (tertiary/aromatic N) is 1. The first-order valence-electron chi connectivity index (χ1n) is 8.14. The Morgan fingerprint density at radius 2 is 1.89 bits per heavy atom.